The topological polar surface area (TPSA) is 95.9 Å². The van der Waals surface area contributed by atoms with Gasteiger partial charge in [-0.3, -0.25) is 9.59 Å². The molecule has 0 heterocycles. The zero-order chi connectivity index (χ0) is 53.6. The van der Waals surface area contributed by atoms with Crippen LogP contribution in [0, 0.1) is 0 Å². The highest BCUT2D eigenvalue weighted by atomic mass is 16.5. The number of allylic oxidation sites excluding steroid dienone is 4. The van der Waals surface area contributed by atoms with Crippen molar-refractivity contribution in [2.75, 3.05) is 13.2 Å². The van der Waals surface area contributed by atoms with Crippen molar-refractivity contribution in [3.8, 4) is 0 Å². The van der Waals surface area contributed by atoms with Gasteiger partial charge in [-0.15, -0.1) is 0 Å². The highest BCUT2D eigenvalue weighted by Gasteiger charge is 2.20. The lowest BCUT2D eigenvalue weighted by atomic mass is 10.0. The van der Waals surface area contributed by atoms with Gasteiger partial charge in [0.25, 0.3) is 0 Å². The van der Waals surface area contributed by atoms with Crippen molar-refractivity contribution in [2.24, 2.45) is 0 Å². The fourth-order valence-electron chi connectivity index (χ4n) is 10.6. The smallest absolute Gasteiger partial charge is 0.305 e. The van der Waals surface area contributed by atoms with Crippen LogP contribution in [0.4, 0.5) is 0 Å². The van der Waals surface area contributed by atoms with Crippen LogP contribution in [0.2, 0.25) is 0 Å². The van der Waals surface area contributed by atoms with E-state index in [-0.39, 0.29) is 18.5 Å². The summed E-state index contributed by atoms with van der Waals surface area (Å²) in [5.41, 5.74) is 0. The van der Waals surface area contributed by atoms with Crippen LogP contribution < -0.4 is 5.32 Å². The quantitative estimate of drug-likeness (QED) is 0.0320. The van der Waals surface area contributed by atoms with Gasteiger partial charge in [-0.1, -0.05) is 327 Å². The number of aliphatic hydroxyl groups is 2. The Kier molecular flexibility index (Phi) is 62.4. The minimum atomic E-state index is -0.664. The molecule has 0 fully saturated rings. The van der Waals surface area contributed by atoms with Crippen molar-refractivity contribution in [3.63, 3.8) is 0 Å². The van der Waals surface area contributed by atoms with E-state index in [0.29, 0.717) is 25.9 Å². The predicted octanol–water partition coefficient (Wildman–Crippen LogP) is 21.4. The van der Waals surface area contributed by atoms with Crippen LogP contribution in [0.1, 0.15) is 373 Å². The van der Waals surface area contributed by atoms with Gasteiger partial charge >= 0.3 is 5.97 Å². The summed E-state index contributed by atoms with van der Waals surface area (Å²) in [5.74, 6) is -0.0295. The molecule has 2 unspecified atom stereocenters. The molecule has 0 spiro atoms. The first-order valence-corrected chi connectivity index (χ1v) is 33.6. The van der Waals surface area contributed by atoms with Gasteiger partial charge in [0.1, 0.15) is 0 Å². The van der Waals surface area contributed by atoms with Gasteiger partial charge in [0.05, 0.1) is 25.4 Å². The molecule has 0 aliphatic heterocycles. The molecule has 2 atom stereocenters. The van der Waals surface area contributed by atoms with E-state index < -0.39 is 12.1 Å². The molecule has 0 radical (unpaired) electrons. The van der Waals surface area contributed by atoms with Gasteiger partial charge in [0, 0.05) is 12.8 Å². The summed E-state index contributed by atoms with van der Waals surface area (Å²) in [4.78, 5) is 24.6. The third-order valence-electron chi connectivity index (χ3n) is 15.8. The molecule has 1 amide bonds. The second kappa shape index (κ2) is 63.9. The molecule has 0 saturated heterocycles. The number of carbonyl (C=O) groups excluding carboxylic acids is 2. The fraction of sp³-hybridized carbons (Fsp3) is 0.912. The molecule has 0 rings (SSSR count). The first kappa shape index (κ1) is 72.3. The van der Waals surface area contributed by atoms with Gasteiger partial charge < -0.3 is 20.3 Å². The summed E-state index contributed by atoms with van der Waals surface area (Å²) in [6, 6.07) is -0.541. The Morgan fingerprint density at radius 2 is 0.676 bits per heavy atom. The van der Waals surface area contributed by atoms with Crippen LogP contribution in [0.5, 0.6) is 0 Å². The maximum atomic E-state index is 12.5. The van der Waals surface area contributed by atoms with E-state index in [4.69, 9.17) is 4.74 Å². The monoisotopic (exact) mass is 1040 g/mol. The molecule has 0 aliphatic rings. The number of ether oxygens (including phenoxy) is 1. The second-order valence-electron chi connectivity index (χ2n) is 23.2. The molecular formula is C68H131NO5. The molecule has 6 heteroatoms. The Morgan fingerprint density at radius 1 is 0.378 bits per heavy atom. The average molecular weight is 1040 g/mol. The number of rotatable bonds is 63. The molecule has 0 bridgehead atoms. The Morgan fingerprint density at radius 3 is 1.04 bits per heavy atom. The Hall–Kier alpha value is -1.66. The number of hydrogen-bond acceptors (Lipinski definition) is 5. The van der Waals surface area contributed by atoms with Gasteiger partial charge in [-0.2, -0.15) is 0 Å². The van der Waals surface area contributed by atoms with E-state index in [9.17, 15) is 19.8 Å². The molecular weight excluding hydrogens is 911 g/mol. The van der Waals surface area contributed by atoms with Crippen LogP contribution in [-0.2, 0) is 14.3 Å². The summed E-state index contributed by atoms with van der Waals surface area (Å²) in [6.45, 7) is 4.96. The zero-order valence-electron chi connectivity index (χ0n) is 50.1. The molecule has 0 saturated carbocycles. The van der Waals surface area contributed by atoms with Crippen molar-refractivity contribution < 1.29 is 24.5 Å². The first-order chi connectivity index (χ1) is 36.5. The lowest BCUT2D eigenvalue weighted by molar-refractivity contribution is -0.143. The van der Waals surface area contributed by atoms with Crippen LogP contribution >= 0.6 is 0 Å². The maximum absolute atomic E-state index is 12.5. The van der Waals surface area contributed by atoms with Crippen molar-refractivity contribution >= 4 is 11.9 Å². The molecule has 0 aromatic rings. The van der Waals surface area contributed by atoms with E-state index in [0.717, 1.165) is 51.4 Å². The van der Waals surface area contributed by atoms with Gasteiger partial charge in [-0.25, -0.2) is 0 Å². The zero-order valence-corrected chi connectivity index (χ0v) is 50.1. The average Bonchev–Trinajstić information content (AvgIpc) is 3.40. The second-order valence-corrected chi connectivity index (χ2v) is 23.2. The lowest BCUT2D eigenvalue weighted by Gasteiger charge is -2.22. The predicted molar refractivity (Wildman–Crippen MR) is 324 cm³/mol. The van der Waals surface area contributed by atoms with Crippen molar-refractivity contribution in [1.82, 2.24) is 5.32 Å². The molecule has 438 valence electrons. The fourth-order valence-corrected chi connectivity index (χ4v) is 10.6. The molecule has 3 N–H and O–H groups in total. The Balaban J connectivity index is 3.37. The van der Waals surface area contributed by atoms with E-state index in [1.165, 1.54) is 289 Å². The van der Waals surface area contributed by atoms with E-state index in [1.807, 2.05) is 0 Å². The molecule has 6 nitrogen and oxygen atoms in total. The van der Waals surface area contributed by atoms with Crippen molar-refractivity contribution in [3.05, 3.63) is 24.3 Å². The third-order valence-corrected chi connectivity index (χ3v) is 15.8. The lowest BCUT2D eigenvalue weighted by Crippen LogP contribution is -2.45. The number of hydrogen-bond donors (Lipinski definition) is 3. The van der Waals surface area contributed by atoms with Gasteiger partial charge in [-0.05, 0) is 57.8 Å². The summed E-state index contributed by atoms with van der Waals surface area (Å²) >= 11 is 0. The minimum absolute atomic E-state index is 0.00167. The van der Waals surface area contributed by atoms with E-state index >= 15 is 0 Å². The highest BCUT2D eigenvalue weighted by Crippen LogP contribution is 2.19. The van der Waals surface area contributed by atoms with Crippen molar-refractivity contribution in [1.29, 1.82) is 0 Å². The summed E-state index contributed by atoms with van der Waals surface area (Å²) in [7, 11) is 0. The number of aliphatic hydroxyl groups excluding tert-OH is 2. The summed E-state index contributed by atoms with van der Waals surface area (Å²) in [6.07, 6.45) is 79.2. The van der Waals surface area contributed by atoms with Crippen LogP contribution in [0.3, 0.4) is 0 Å². The Labute approximate surface area is 462 Å². The number of nitrogens with one attached hydrogen (secondary N) is 1. The first-order valence-electron chi connectivity index (χ1n) is 33.6. The largest absolute Gasteiger partial charge is 0.466 e. The number of amides is 1. The van der Waals surface area contributed by atoms with E-state index in [2.05, 4.69) is 43.5 Å². The van der Waals surface area contributed by atoms with Crippen molar-refractivity contribution in [2.45, 2.75) is 386 Å². The van der Waals surface area contributed by atoms with Crippen LogP contribution in [0.15, 0.2) is 24.3 Å². The van der Waals surface area contributed by atoms with E-state index in [1.54, 1.807) is 0 Å². The standard InChI is InChI=1S/C68H131NO5/c1-3-5-7-9-11-13-15-17-19-21-29-32-36-40-44-48-52-56-60-66(71)65(64-70)69-67(72)61-57-53-49-45-41-37-33-30-27-25-23-22-24-26-28-31-35-39-43-47-51-55-59-63-74-68(73)62-58-54-50-46-42-38-34-20-18-16-14-12-10-8-6-4-2/h14,16,20,34,65-66,70-71H,3-13,15,17-19,21-33,35-64H2,1-2H3,(H,69,72)/b16-14-,34-20-. The van der Waals surface area contributed by atoms with Crippen LogP contribution in [-0.4, -0.2) is 47.4 Å². The molecule has 0 aromatic carbocycles. The summed E-state index contributed by atoms with van der Waals surface area (Å²) < 4.78 is 5.49. The third kappa shape index (κ3) is 59.6. The highest BCUT2D eigenvalue weighted by molar-refractivity contribution is 5.76. The van der Waals surface area contributed by atoms with Gasteiger partial charge in [0.2, 0.25) is 5.91 Å². The molecule has 0 aliphatic carbocycles. The normalized spacial score (nSPS) is 12.6. The van der Waals surface area contributed by atoms with Crippen LogP contribution in [0.25, 0.3) is 0 Å². The molecule has 74 heavy (non-hydrogen) atoms. The van der Waals surface area contributed by atoms with Gasteiger partial charge in [0.15, 0.2) is 0 Å². The minimum Gasteiger partial charge on any atom is -0.466 e. The maximum Gasteiger partial charge on any atom is 0.305 e. The molecule has 0 aromatic heterocycles. The number of esters is 1. The number of carbonyl (C=O) groups is 2. The summed E-state index contributed by atoms with van der Waals surface area (Å²) in [5, 5.41) is 23.4. The SMILES string of the molecule is CCCCCC/C=C\C/C=C\CCCCCCCC(=O)OCCCCCCCCCCCCCCCCCCCCCCCCCC(=O)NC(CO)C(O)CCCCCCCCCCCCCCCCCCCC. The Bertz CT molecular complexity index is 1150. The number of unbranched alkanes of at least 4 members (excludes halogenated alkanes) is 48.